The summed E-state index contributed by atoms with van der Waals surface area (Å²) in [5.41, 5.74) is 2.66. The van der Waals surface area contributed by atoms with Crippen LogP contribution >= 0.6 is 0 Å². The van der Waals surface area contributed by atoms with Crippen LogP contribution in [0.3, 0.4) is 0 Å². The topological polar surface area (TPSA) is 50.4 Å². The fourth-order valence-electron chi connectivity index (χ4n) is 2.59. The molecule has 1 amide bonds. The van der Waals surface area contributed by atoms with Crippen molar-refractivity contribution in [3.8, 4) is 0 Å². The third-order valence-electron chi connectivity index (χ3n) is 3.69. The molecule has 114 valence electrons. The zero-order valence-electron chi connectivity index (χ0n) is 12.4. The van der Waals surface area contributed by atoms with Gasteiger partial charge in [0.05, 0.1) is 23.9 Å². The van der Waals surface area contributed by atoms with Crippen molar-refractivity contribution in [2.24, 2.45) is 0 Å². The minimum Gasteiger partial charge on any atom is -0.378 e. The van der Waals surface area contributed by atoms with Crippen LogP contribution in [0.2, 0.25) is 0 Å². The number of para-hydroxylation sites is 3. The van der Waals surface area contributed by atoms with Gasteiger partial charge in [-0.05, 0) is 37.1 Å². The van der Waals surface area contributed by atoms with Gasteiger partial charge in [-0.15, -0.1) is 0 Å². The Morgan fingerprint density at radius 3 is 2.50 bits per heavy atom. The molecule has 22 heavy (non-hydrogen) atoms. The van der Waals surface area contributed by atoms with E-state index < -0.39 is 0 Å². The Morgan fingerprint density at radius 1 is 1.05 bits per heavy atom. The first-order chi connectivity index (χ1) is 10.8. The summed E-state index contributed by atoms with van der Waals surface area (Å²) in [6.07, 6.45) is 2.50. The van der Waals surface area contributed by atoms with Crippen molar-refractivity contribution in [1.29, 1.82) is 0 Å². The van der Waals surface area contributed by atoms with Crippen molar-refractivity contribution in [2.45, 2.75) is 25.4 Å². The van der Waals surface area contributed by atoms with E-state index in [1.54, 1.807) is 0 Å². The zero-order chi connectivity index (χ0) is 15.2. The van der Waals surface area contributed by atoms with Gasteiger partial charge in [0.2, 0.25) is 5.91 Å². The highest BCUT2D eigenvalue weighted by Gasteiger charge is 2.19. The van der Waals surface area contributed by atoms with Crippen LogP contribution in [0.1, 0.15) is 19.3 Å². The van der Waals surface area contributed by atoms with Crippen molar-refractivity contribution in [2.75, 3.05) is 17.2 Å². The third-order valence-corrected chi connectivity index (χ3v) is 3.69. The van der Waals surface area contributed by atoms with Crippen LogP contribution in [0.25, 0.3) is 0 Å². The molecule has 2 aromatic carbocycles. The van der Waals surface area contributed by atoms with Crippen LogP contribution in [0.4, 0.5) is 17.1 Å². The van der Waals surface area contributed by atoms with Crippen LogP contribution in [0.5, 0.6) is 0 Å². The number of anilines is 3. The number of ether oxygens (including phenoxy) is 1. The molecule has 0 spiro atoms. The molecule has 4 heteroatoms. The normalized spacial score (nSPS) is 17.2. The van der Waals surface area contributed by atoms with E-state index in [2.05, 4.69) is 10.6 Å². The molecule has 1 heterocycles. The molecule has 0 saturated carbocycles. The zero-order valence-corrected chi connectivity index (χ0v) is 12.4. The molecule has 2 aromatic rings. The molecule has 0 radical (unpaired) electrons. The predicted octanol–water partition coefficient (Wildman–Crippen LogP) is 3.94. The molecular weight excluding hydrogens is 276 g/mol. The van der Waals surface area contributed by atoms with Gasteiger partial charge in [-0.2, -0.15) is 0 Å². The Morgan fingerprint density at radius 2 is 1.77 bits per heavy atom. The molecule has 1 atom stereocenters. The molecule has 1 fully saturated rings. The van der Waals surface area contributed by atoms with Crippen molar-refractivity contribution in [3.05, 3.63) is 54.6 Å². The number of benzene rings is 2. The maximum atomic E-state index is 12.2. The van der Waals surface area contributed by atoms with Gasteiger partial charge in [0, 0.05) is 12.3 Å². The van der Waals surface area contributed by atoms with Crippen LogP contribution in [0, 0.1) is 0 Å². The summed E-state index contributed by atoms with van der Waals surface area (Å²) in [7, 11) is 0. The van der Waals surface area contributed by atoms with E-state index in [4.69, 9.17) is 4.74 Å². The van der Waals surface area contributed by atoms with Crippen molar-refractivity contribution >= 4 is 23.0 Å². The number of hydrogen-bond acceptors (Lipinski definition) is 3. The second-order valence-corrected chi connectivity index (χ2v) is 5.42. The van der Waals surface area contributed by atoms with E-state index >= 15 is 0 Å². The minimum atomic E-state index is -0.00536. The van der Waals surface area contributed by atoms with E-state index in [9.17, 15) is 4.79 Å². The highest BCUT2D eigenvalue weighted by Crippen LogP contribution is 2.25. The largest absolute Gasteiger partial charge is 0.378 e. The van der Waals surface area contributed by atoms with Crippen molar-refractivity contribution < 1.29 is 9.53 Å². The smallest absolute Gasteiger partial charge is 0.227 e. The van der Waals surface area contributed by atoms with Gasteiger partial charge in [-0.3, -0.25) is 4.79 Å². The SMILES string of the molecule is O=C(C[C@@H]1CCCO1)Nc1ccccc1Nc1ccccc1. The van der Waals surface area contributed by atoms with Crippen molar-refractivity contribution in [3.63, 3.8) is 0 Å². The molecule has 1 aliphatic rings. The molecule has 0 aromatic heterocycles. The molecule has 1 aliphatic heterocycles. The Hall–Kier alpha value is -2.33. The summed E-state index contributed by atoms with van der Waals surface area (Å²) in [4.78, 5) is 12.2. The number of amides is 1. The average Bonchev–Trinajstić information content (AvgIpc) is 3.03. The van der Waals surface area contributed by atoms with E-state index in [0.717, 1.165) is 36.5 Å². The molecular formula is C18H20N2O2. The lowest BCUT2D eigenvalue weighted by Crippen LogP contribution is -2.19. The Bertz CT molecular complexity index is 622. The number of rotatable bonds is 5. The van der Waals surface area contributed by atoms with Gasteiger partial charge < -0.3 is 15.4 Å². The molecule has 0 unspecified atom stereocenters. The fraction of sp³-hybridized carbons (Fsp3) is 0.278. The summed E-state index contributed by atoms with van der Waals surface area (Å²) in [5.74, 6) is -0.00536. The van der Waals surface area contributed by atoms with Crippen LogP contribution in [0.15, 0.2) is 54.6 Å². The maximum absolute atomic E-state index is 12.2. The van der Waals surface area contributed by atoms with E-state index in [1.165, 1.54) is 0 Å². The maximum Gasteiger partial charge on any atom is 0.227 e. The minimum absolute atomic E-state index is 0.00536. The summed E-state index contributed by atoms with van der Waals surface area (Å²) < 4.78 is 5.51. The van der Waals surface area contributed by atoms with E-state index in [0.29, 0.717) is 6.42 Å². The molecule has 1 saturated heterocycles. The van der Waals surface area contributed by atoms with Crippen molar-refractivity contribution in [1.82, 2.24) is 0 Å². The predicted molar refractivity (Wildman–Crippen MR) is 88.4 cm³/mol. The summed E-state index contributed by atoms with van der Waals surface area (Å²) >= 11 is 0. The average molecular weight is 296 g/mol. The number of hydrogen-bond donors (Lipinski definition) is 2. The lowest BCUT2D eigenvalue weighted by Gasteiger charge is -2.14. The quantitative estimate of drug-likeness (QED) is 0.878. The van der Waals surface area contributed by atoms with Gasteiger partial charge in [-0.1, -0.05) is 30.3 Å². The van der Waals surface area contributed by atoms with Crippen LogP contribution in [-0.2, 0) is 9.53 Å². The van der Waals surface area contributed by atoms with Crippen LogP contribution in [-0.4, -0.2) is 18.6 Å². The number of nitrogens with one attached hydrogen (secondary N) is 2. The second-order valence-electron chi connectivity index (χ2n) is 5.42. The molecule has 0 aliphatic carbocycles. The number of carbonyl (C=O) groups excluding carboxylic acids is 1. The van der Waals surface area contributed by atoms with Gasteiger partial charge in [0.1, 0.15) is 0 Å². The first-order valence-corrected chi connectivity index (χ1v) is 7.64. The van der Waals surface area contributed by atoms with Gasteiger partial charge in [0.25, 0.3) is 0 Å². The van der Waals surface area contributed by atoms with E-state index in [-0.39, 0.29) is 12.0 Å². The van der Waals surface area contributed by atoms with Gasteiger partial charge >= 0.3 is 0 Å². The van der Waals surface area contributed by atoms with Gasteiger partial charge in [0.15, 0.2) is 0 Å². The monoisotopic (exact) mass is 296 g/mol. The lowest BCUT2D eigenvalue weighted by atomic mass is 10.1. The van der Waals surface area contributed by atoms with Crippen LogP contribution < -0.4 is 10.6 Å². The molecule has 3 rings (SSSR count). The second kappa shape index (κ2) is 7.09. The van der Waals surface area contributed by atoms with E-state index in [1.807, 2.05) is 54.6 Å². The molecule has 0 bridgehead atoms. The number of carbonyl (C=O) groups is 1. The Labute approximate surface area is 130 Å². The summed E-state index contributed by atoms with van der Waals surface area (Å²) in [5, 5.41) is 6.30. The Balaban J connectivity index is 1.66. The third kappa shape index (κ3) is 3.86. The molecule has 2 N–H and O–H groups in total. The molecule has 4 nitrogen and oxygen atoms in total. The highest BCUT2D eigenvalue weighted by atomic mass is 16.5. The summed E-state index contributed by atoms with van der Waals surface area (Å²) in [6, 6.07) is 17.6. The standard InChI is InChI=1S/C18H20N2O2/c21-18(13-15-9-6-12-22-15)20-17-11-5-4-10-16(17)19-14-7-2-1-3-8-14/h1-5,7-8,10-11,15,19H,6,9,12-13H2,(H,20,21)/t15-/m0/s1. The summed E-state index contributed by atoms with van der Waals surface area (Å²) in [6.45, 7) is 0.768. The lowest BCUT2D eigenvalue weighted by molar-refractivity contribution is -0.118. The van der Waals surface area contributed by atoms with Gasteiger partial charge in [-0.25, -0.2) is 0 Å². The fourth-order valence-corrected chi connectivity index (χ4v) is 2.59. The first kappa shape index (κ1) is 14.6. The first-order valence-electron chi connectivity index (χ1n) is 7.64. The highest BCUT2D eigenvalue weighted by molar-refractivity contribution is 5.95. The Kier molecular flexibility index (Phi) is 4.71.